The van der Waals surface area contributed by atoms with Gasteiger partial charge in [-0.1, -0.05) is 43.3 Å². The monoisotopic (exact) mass is 387 g/mol. The van der Waals surface area contributed by atoms with Gasteiger partial charge in [0, 0.05) is 18.5 Å². The molecule has 7 nitrogen and oxygen atoms in total. The molecule has 0 saturated carbocycles. The van der Waals surface area contributed by atoms with Crippen LogP contribution in [0.2, 0.25) is 0 Å². The van der Waals surface area contributed by atoms with Crippen molar-refractivity contribution in [3.8, 4) is 0 Å². The summed E-state index contributed by atoms with van der Waals surface area (Å²) in [5.41, 5.74) is 1.18. The van der Waals surface area contributed by atoms with Crippen LogP contribution in [0.1, 0.15) is 37.2 Å². The molecule has 1 amide bonds. The highest BCUT2D eigenvalue weighted by Gasteiger charge is 2.19. The predicted octanol–water partition coefficient (Wildman–Crippen LogP) is 3.46. The number of aliphatic imine (C=N–C) groups is 1. The van der Waals surface area contributed by atoms with Gasteiger partial charge in [-0.15, -0.1) is 0 Å². The first-order valence-electron chi connectivity index (χ1n) is 8.85. The number of Topliss-reactive ketones (excluding diaryl/α,β-unsaturated/α-hetero) is 1. The standard InChI is InChI=1S/C19H25N5O2S/c1-4-5-11-27-19(22-15-9-7-6-8-10-15)23-17-16(18(26)20-3)24(13-21-17)12-14(2)25/h6-10,13H,4-5,11-12H2,1-3H3,(H,20,26)(H,22,23). The van der Waals surface area contributed by atoms with Crippen molar-refractivity contribution in [2.24, 2.45) is 4.99 Å². The molecule has 27 heavy (non-hydrogen) atoms. The largest absolute Gasteiger partial charge is 0.354 e. The SMILES string of the molecule is CCCCSC(=Nc1ncn(CC(C)=O)c1C(=O)NC)Nc1ccccc1. The molecule has 0 radical (unpaired) electrons. The van der Waals surface area contributed by atoms with Gasteiger partial charge in [0.15, 0.2) is 16.7 Å². The Bertz CT molecular complexity index is 802. The van der Waals surface area contributed by atoms with Crippen LogP contribution in [0, 0.1) is 0 Å². The normalized spacial score (nSPS) is 11.3. The summed E-state index contributed by atoms with van der Waals surface area (Å²) in [7, 11) is 1.54. The number of thioether (sulfide) groups is 1. The van der Waals surface area contributed by atoms with E-state index in [1.165, 1.54) is 17.8 Å². The number of amides is 1. The van der Waals surface area contributed by atoms with Gasteiger partial charge in [-0.25, -0.2) is 9.98 Å². The number of nitrogens with zero attached hydrogens (tertiary/aromatic N) is 3. The zero-order valence-electron chi connectivity index (χ0n) is 15.9. The minimum absolute atomic E-state index is 0.0620. The van der Waals surface area contributed by atoms with E-state index in [1.54, 1.807) is 18.8 Å². The van der Waals surface area contributed by atoms with Crippen molar-refractivity contribution < 1.29 is 9.59 Å². The second-order valence-corrected chi connectivity index (χ2v) is 7.02. The molecule has 2 aromatic rings. The Balaban J connectivity index is 2.36. The number of para-hydroxylation sites is 1. The number of rotatable bonds is 8. The maximum absolute atomic E-state index is 12.3. The van der Waals surface area contributed by atoms with E-state index in [9.17, 15) is 9.59 Å². The van der Waals surface area contributed by atoms with Gasteiger partial charge >= 0.3 is 0 Å². The third-order valence-corrected chi connectivity index (χ3v) is 4.58. The Kier molecular flexibility index (Phi) is 8.06. The summed E-state index contributed by atoms with van der Waals surface area (Å²) in [4.78, 5) is 32.7. The summed E-state index contributed by atoms with van der Waals surface area (Å²) in [6.07, 6.45) is 3.62. The molecule has 0 aliphatic heterocycles. The van der Waals surface area contributed by atoms with Gasteiger partial charge in [0.05, 0.1) is 12.9 Å². The van der Waals surface area contributed by atoms with Gasteiger partial charge in [0.1, 0.15) is 5.78 Å². The van der Waals surface area contributed by atoms with Crippen molar-refractivity contribution in [2.45, 2.75) is 33.2 Å². The van der Waals surface area contributed by atoms with Crippen molar-refractivity contribution in [3.05, 3.63) is 42.4 Å². The molecule has 2 N–H and O–H groups in total. The van der Waals surface area contributed by atoms with E-state index in [0.29, 0.717) is 5.17 Å². The second kappa shape index (κ2) is 10.5. The number of benzene rings is 1. The number of imidazole rings is 1. The molecule has 8 heteroatoms. The summed E-state index contributed by atoms with van der Waals surface area (Å²) in [6.45, 7) is 3.68. The van der Waals surface area contributed by atoms with Gasteiger partial charge in [-0.2, -0.15) is 0 Å². The van der Waals surface area contributed by atoms with Crippen LogP contribution < -0.4 is 10.6 Å². The van der Waals surface area contributed by atoms with Gasteiger partial charge in [0.25, 0.3) is 5.91 Å². The van der Waals surface area contributed by atoms with Crippen LogP contribution in [-0.4, -0.2) is 39.2 Å². The molecular weight excluding hydrogens is 362 g/mol. The number of carbonyl (C=O) groups excluding carboxylic acids is 2. The average Bonchev–Trinajstić information content (AvgIpc) is 3.03. The summed E-state index contributed by atoms with van der Waals surface area (Å²) in [6, 6.07) is 9.72. The molecule has 0 aliphatic rings. The summed E-state index contributed by atoms with van der Waals surface area (Å²) in [5, 5.41) is 6.53. The molecule has 0 fully saturated rings. The first kappa shape index (κ1) is 20.7. The molecule has 144 valence electrons. The fourth-order valence-corrected chi connectivity index (χ4v) is 3.28. The average molecular weight is 388 g/mol. The van der Waals surface area contributed by atoms with Crippen molar-refractivity contribution >= 4 is 40.1 Å². The van der Waals surface area contributed by atoms with Crippen LogP contribution in [0.3, 0.4) is 0 Å². The van der Waals surface area contributed by atoms with Crippen molar-refractivity contribution in [2.75, 3.05) is 18.1 Å². The number of ketones is 1. The summed E-state index contributed by atoms with van der Waals surface area (Å²) in [5.74, 6) is 0.801. The van der Waals surface area contributed by atoms with Crippen LogP contribution in [0.4, 0.5) is 11.5 Å². The Hall–Kier alpha value is -2.61. The fraction of sp³-hybridized carbons (Fsp3) is 0.368. The van der Waals surface area contributed by atoms with Crippen molar-refractivity contribution in [1.29, 1.82) is 0 Å². The molecule has 0 spiro atoms. The van der Waals surface area contributed by atoms with Crippen molar-refractivity contribution in [1.82, 2.24) is 14.9 Å². The first-order valence-corrected chi connectivity index (χ1v) is 9.84. The van der Waals surface area contributed by atoms with E-state index in [4.69, 9.17) is 0 Å². The number of unbranched alkanes of at least 4 members (excludes halogenated alkanes) is 1. The highest BCUT2D eigenvalue weighted by atomic mass is 32.2. The first-order chi connectivity index (χ1) is 13.0. The molecule has 0 bridgehead atoms. The van der Waals surface area contributed by atoms with E-state index in [0.717, 1.165) is 24.3 Å². The zero-order chi connectivity index (χ0) is 19.6. The number of amidine groups is 1. The van der Waals surface area contributed by atoms with Crippen LogP contribution in [0.25, 0.3) is 0 Å². The minimum Gasteiger partial charge on any atom is -0.354 e. The Morgan fingerprint density at radius 1 is 1.26 bits per heavy atom. The number of anilines is 1. The van der Waals surface area contributed by atoms with E-state index >= 15 is 0 Å². The van der Waals surface area contributed by atoms with Crippen LogP contribution >= 0.6 is 11.8 Å². The molecule has 0 aliphatic carbocycles. The zero-order valence-corrected chi connectivity index (χ0v) is 16.7. The topological polar surface area (TPSA) is 88.4 Å². The lowest BCUT2D eigenvalue weighted by Crippen LogP contribution is -2.23. The quantitative estimate of drug-likeness (QED) is 0.411. The molecule has 1 aromatic heterocycles. The summed E-state index contributed by atoms with van der Waals surface area (Å²) < 4.78 is 1.52. The van der Waals surface area contributed by atoms with E-state index in [1.807, 2.05) is 30.3 Å². The van der Waals surface area contributed by atoms with E-state index < -0.39 is 0 Å². The van der Waals surface area contributed by atoms with Crippen molar-refractivity contribution in [3.63, 3.8) is 0 Å². The lowest BCUT2D eigenvalue weighted by atomic mass is 10.3. The minimum atomic E-state index is -0.329. The number of hydrogen-bond acceptors (Lipinski definition) is 5. The van der Waals surface area contributed by atoms with Gasteiger partial charge < -0.3 is 15.2 Å². The summed E-state index contributed by atoms with van der Waals surface area (Å²) >= 11 is 1.58. The fourth-order valence-electron chi connectivity index (χ4n) is 2.31. The number of aromatic nitrogens is 2. The Labute approximate surface area is 163 Å². The van der Waals surface area contributed by atoms with Crippen LogP contribution in [0.15, 0.2) is 41.7 Å². The number of nitrogens with one attached hydrogen (secondary N) is 2. The van der Waals surface area contributed by atoms with Crippen LogP contribution in [0.5, 0.6) is 0 Å². The lowest BCUT2D eigenvalue weighted by Gasteiger charge is -2.10. The highest BCUT2D eigenvalue weighted by molar-refractivity contribution is 8.14. The van der Waals surface area contributed by atoms with Gasteiger partial charge in [-0.05, 0) is 25.5 Å². The third-order valence-electron chi connectivity index (χ3n) is 3.62. The Morgan fingerprint density at radius 2 is 2.00 bits per heavy atom. The van der Waals surface area contributed by atoms with Gasteiger partial charge in [0.2, 0.25) is 0 Å². The molecular formula is C19H25N5O2S. The second-order valence-electron chi connectivity index (χ2n) is 5.94. The molecule has 0 saturated heterocycles. The smallest absolute Gasteiger partial charge is 0.271 e. The molecule has 2 rings (SSSR count). The third kappa shape index (κ3) is 6.25. The number of hydrogen-bond donors (Lipinski definition) is 2. The lowest BCUT2D eigenvalue weighted by molar-refractivity contribution is -0.117. The number of carbonyl (C=O) groups is 2. The Morgan fingerprint density at radius 3 is 2.63 bits per heavy atom. The van der Waals surface area contributed by atoms with Crippen LogP contribution in [-0.2, 0) is 11.3 Å². The molecule has 0 unspecified atom stereocenters. The van der Waals surface area contributed by atoms with Gasteiger partial charge in [-0.3, -0.25) is 9.59 Å². The van der Waals surface area contributed by atoms with E-state index in [2.05, 4.69) is 27.5 Å². The maximum atomic E-state index is 12.3. The molecule has 1 aromatic carbocycles. The van der Waals surface area contributed by atoms with E-state index in [-0.39, 0.29) is 29.7 Å². The highest BCUT2D eigenvalue weighted by Crippen LogP contribution is 2.21. The maximum Gasteiger partial charge on any atom is 0.271 e. The molecule has 1 heterocycles. The molecule has 0 atom stereocenters. The predicted molar refractivity (Wildman–Crippen MR) is 111 cm³/mol.